The first-order chi connectivity index (χ1) is 15.7. The summed E-state index contributed by atoms with van der Waals surface area (Å²) in [7, 11) is 3.61. The Morgan fingerprint density at radius 2 is 1.88 bits per heavy atom. The van der Waals surface area contributed by atoms with E-state index in [9.17, 15) is 9.59 Å². The molecule has 3 fully saturated rings. The highest BCUT2D eigenvalue weighted by atomic mass is 16.5. The minimum Gasteiger partial charge on any atom is -0.495 e. The number of carbonyl (C=O) groups is 2. The lowest BCUT2D eigenvalue weighted by molar-refractivity contribution is -0.137. The first-order valence-corrected chi connectivity index (χ1v) is 12.6. The molecule has 4 aliphatic rings. The number of likely N-dealkylation sites (tertiary alicyclic amines) is 1. The second-order valence-electron chi connectivity index (χ2n) is 11.4. The average molecular weight is 451 g/mol. The summed E-state index contributed by atoms with van der Waals surface area (Å²) in [6.45, 7) is 7.03. The Kier molecular flexibility index (Phi) is 5.37. The standard InChI is InChI=1S/C28H38N2O3/c1-17-16-18-19-10-11-21(26(32)29-22-8-6-7-9-23(22)33-5)27(19,2)14-12-20(18)28(3)15-13-24(31)30(4)25(17)28/h6-9,18-21H,10-16H2,1-5H3,(H,29,32)/t18?,19-,20?,21+,27-,28+/m0/s1. The zero-order valence-electron chi connectivity index (χ0n) is 20.7. The van der Waals surface area contributed by atoms with Gasteiger partial charge in [-0.2, -0.15) is 0 Å². The van der Waals surface area contributed by atoms with E-state index in [1.54, 1.807) is 7.11 Å². The van der Waals surface area contributed by atoms with Crippen molar-refractivity contribution in [3.63, 3.8) is 0 Å². The van der Waals surface area contributed by atoms with Crippen molar-refractivity contribution in [2.24, 2.45) is 34.5 Å². The van der Waals surface area contributed by atoms with Crippen molar-refractivity contribution in [2.75, 3.05) is 19.5 Å². The fourth-order valence-corrected chi connectivity index (χ4v) is 8.51. The van der Waals surface area contributed by atoms with Crippen molar-refractivity contribution >= 4 is 17.5 Å². The average Bonchev–Trinajstić information content (AvgIpc) is 3.14. The van der Waals surface area contributed by atoms with Gasteiger partial charge in [-0.15, -0.1) is 0 Å². The van der Waals surface area contributed by atoms with E-state index < -0.39 is 0 Å². The molecule has 0 bridgehead atoms. The quantitative estimate of drug-likeness (QED) is 0.649. The first-order valence-electron chi connectivity index (χ1n) is 12.6. The highest BCUT2D eigenvalue weighted by Crippen LogP contribution is 2.66. The molecule has 0 radical (unpaired) electrons. The third-order valence-corrected chi connectivity index (χ3v) is 9.99. The molecule has 5 heteroatoms. The summed E-state index contributed by atoms with van der Waals surface area (Å²) in [5.74, 6) is 2.89. The van der Waals surface area contributed by atoms with Gasteiger partial charge in [0.25, 0.3) is 0 Å². The predicted molar refractivity (Wildman–Crippen MR) is 130 cm³/mol. The number of para-hydroxylation sites is 2. The van der Waals surface area contributed by atoms with Crippen LogP contribution in [0.4, 0.5) is 5.69 Å². The van der Waals surface area contributed by atoms with Gasteiger partial charge >= 0.3 is 0 Å². The number of piperidine rings is 1. The fourth-order valence-electron chi connectivity index (χ4n) is 8.51. The number of methoxy groups -OCH3 is 1. The van der Waals surface area contributed by atoms with Crippen molar-refractivity contribution in [1.82, 2.24) is 4.90 Å². The number of nitrogens with zero attached hydrogens (tertiary/aromatic N) is 1. The SMILES string of the molecule is COc1ccccc1NC(=O)[C@H]1CC[C@H]2C3CC(C)=C4N(C)C(=O)CC[C@]4(C)C3CC[C@]12C. The van der Waals surface area contributed by atoms with Crippen LogP contribution in [0.25, 0.3) is 0 Å². The maximum absolute atomic E-state index is 13.5. The minimum absolute atomic E-state index is 0.0256. The molecule has 5 nitrogen and oxygen atoms in total. The third kappa shape index (κ3) is 3.25. The van der Waals surface area contributed by atoms with E-state index in [4.69, 9.17) is 4.74 Å². The fraction of sp³-hybridized carbons (Fsp3) is 0.643. The predicted octanol–water partition coefficient (Wildman–Crippen LogP) is 5.63. The number of hydrogen-bond acceptors (Lipinski definition) is 3. The van der Waals surface area contributed by atoms with Crippen LogP contribution in [0.15, 0.2) is 35.5 Å². The molecular weight excluding hydrogens is 412 g/mol. The number of ether oxygens (including phenoxy) is 1. The van der Waals surface area contributed by atoms with Crippen LogP contribution >= 0.6 is 0 Å². The van der Waals surface area contributed by atoms with Crippen LogP contribution in [-0.4, -0.2) is 30.9 Å². The van der Waals surface area contributed by atoms with Gasteiger partial charge in [-0.1, -0.05) is 31.6 Å². The molecule has 33 heavy (non-hydrogen) atoms. The molecule has 6 atom stereocenters. The molecule has 1 aromatic carbocycles. The number of anilines is 1. The largest absolute Gasteiger partial charge is 0.495 e. The first kappa shape index (κ1) is 22.5. The molecule has 3 aliphatic carbocycles. The van der Waals surface area contributed by atoms with Crippen LogP contribution in [-0.2, 0) is 9.59 Å². The molecular formula is C28H38N2O3. The van der Waals surface area contributed by atoms with Crippen molar-refractivity contribution in [3.05, 3.63) is 35.5 Å². The second-order valence-corrected chi connectivity index (χ2v) is 11.4. The van der Waals surface area contributed by atoms with E-state index in [0.717, 1.165) is 44.2 Å². The highest BCUT2D eigenvalue weighted by Gasteiger charge is 2.61. The van der Waals surface area contributed by atoms with Gasteiger partial charge in [-0.05, 0) is 80.8 Å². The maximum Gasteiger partial charge on any atom is 0.228 e. The van der Waals surface area contributed by atoms with Crippen molar-refractivity contribution in [1.29, 1.82) is 0 Å². The zero-order valence-corrected chi connectivity index (χ0v) is 20.7. The molecule has 0 spiro atoms. The normalized spacial score (nSPS) is 37.8. The minimum atomic E-state index is 0.0256. The van der Waals surface area contributed by atoms with Crippen molar-refractivity contribution < 1.29 is 14.3 Å². The Morgan fingerprint density at radius 3 is 2.64 bits per heavy atom. The molecule has 2 unspecified atom stereocenters. The number of benzene rings is 1. The van der Waals surface area contributed by atoms with Gasteiger partial charge in [-0.3, -0.25) is 9.59 Å². The summed E-state index contributed by atoms with van der Waals surface area (Å²) in [6.07, 6.45) is 6.98. The summed E-state index contributed by atoms with van der Waals surface area (Å²) < 4.78 is 5.45. The van der Waals surface area contributed by atoms with Gasteiger partial charge < -0.3 is 15.0 Å². The van der Waals surface area contributed by atoms with Gasteiger partial charge in [-0.25, -0.2) is 0 Å². The molecule has 1 aromatic rings. The third-order valence-electron chi connectivity index (χ3n) is 9.99. The smallest absolute Gasteiger partial charge is 0.228 e. The van der Waals surface area contributed by atoms with Gasteiger partial charge in [0, 0.05) is 30.5 Å². The number of allylic oxidation sites excluding steroid dienone is 2. The zero-order chi connectivity index (χ0) is 23.5. The molecule has 2 amide bonds. The molecule has 1 saturated heterocycles. The number of rotatable bonds is 3. The van der Waals surface area contributed by atoms with E-state index in [2.05, 4.69) is 26.1 Å². The van der Waals surface area contributed by atoms with Crippen molar-refractivity contribution in [3.8, 4) is 5.75 Å². The second kappa shape index (κ2) is 7.89. The maximum atomic E-state index is 13.5. The van der Waals surface area contributed by atoms with Crippen LogP contribution in [0.2, 0.25) is 0 Å². The van der Waals surface area contributed by atoms with E-state index in [0.29, 0.717) is 29.9 Å². The Labute approximate surface area is 197 Å². The molecule has 178 valence electrons. The molecule has 1 aliphatic heterocycles. The number of carbonyl (C=O) groups excluding carboxylic acids is 2. The summed E-state index contributed by atoms with van der Waals surface area (Å²) in [4.78, 5) is 28.0. The van der Waals surface area contributed by atoms with E-state index in [1.807, 2.05) is 36.2 Å². The summed E-state index contributed by atoms with van der Waals surface area (Å²) in [5, 5.41) is 3.19. The molecule has 5 rings (SSSR count). The Morgan fingerprint density at radius 1 is 1.12 bits per heavy atom. The molecule has 2 saturated carbocycles. The summed E-state index contributed by atoms with van der Waals surface area (Å²) in [6, 6.07) is 7.67. The van der Waals surface area contributed by atoms with Gasteiger partial charge in [0.1, 0.15) is 5.75 Å². The Bertz CT molecular complexity index is 1020. The monoisotopic (exact) mass is 450 g/mol. The molecule has 0 aromatic heterocycles. The van der Waals surface area contributed by atoms with Crippen molar-refractivity contribution in [2.45, 2.75) is 65.7 Å². The Balaban J connectivity index is 1.42. The van der Waals surface area contributed by atoms with Crippen LogP contribution < -0.4 is 10.1 Å². The van der Waals surface area contributed by atoms with E-state index in [-0.39, 0.29) is 28.6 Å². The highest BCUT2D eigenvalue weighted by molar-refractivity contribution is 5.94. The number of amides is 2. The molecule has 1 N–H and O–H groups in total. The lowest BCUT2D eigenvalue weighted by atomic mass is 9.48. The lowest BCUT2D eigenvalue weighted by Crippen LogP contribution is -2.54. The topological polar surface area (TPSA) is 58.6 Å². The lowest BCUT2D eigenvalue weighted by Gasteiger charge is -2.59. The van der Waals surface area contributed by atoms with Crippen LogP contribution in [0.3, 0.4) is 0 Å². The summed E-state index contributed by atoms with van der Waals surface area (Å²) >= 11 is 0. The van der Waals surface area contributed by atoms with Crippen LogP contribution in [0, 0.1) is 34.5 Å². The van der Waals surface area contributed by atoms with Gasteiger partial charge in [0.2, 0.25) is 11.8 Å². The number of nitrogens with one attached hydrogen (secondary N) is 1. The number of hydrogen-bond donors (Lipinski definition) is 1. The molecule has 1 heterocycles. The van der Waals surface area contributed by atoms with Gasteiger partial charge in [0.15, 0.2) is 0 Å². The summed E-state index contributed by atoms with van der Waals surface area (Å²) in [5.41, 5.74) is 3.55. The Hall–Kier alpha value is -2.30. The van der Waals surface area contributed by atoms with Gasteiger partial charge in [0.05, 0.1) is 12.8 Å². The number of fused-ring (bicyclic) bond motifs is 5. The van der Waals surface area contributed by atoms with E-state index in [1.165, 1.54) is 11.3 Å². The van der Waals surface area contributed by atoms with Crippen LogP contribution in [0.1, 0.15) is 65.7 Å². The van der Waals surface area contributed by atoms with E-state index >= 15 is 0 Å². The van der Waals surface area contributed by atoms with Crippen LogP contribution in [0.5, 0.6) is 5.75 Å².